The normalized spacial score (nSPS) is 11.2. The third-order valence-electron chi connectivity index (χ3n) is 1.82. The van der Waals surface area contributed by atoms with Crippen LogP contribution < -0.4 is 0 Å². The molecule has 0 unspecified atom stereocenters. The van der Waals surface area contributed by atoms with E-state index < -0.39 is 0 Å². The van der Waals surface area contributed by atoms with Gasteiger partial charge >= 0.3 is 0 Å². The summed E-state index contributed by atoms with van der Waals surface area (Å²) in [6, 6.07) is 3.75. The summed E-state index contributed by atoms with van der Waals surface area (Å²) in [6.07, 6.45) is 3.43. The Morgan fingerprint density at radius 2 is 2.21 bits per heavy atom. The third-order valence-corrected chi connectivity index (χ3v) is 2.15. The van der Waals surface area contributed by atoms with E-state index in [-0.39, 0.29) is 0 Å². The van der Waals surface area contributed by atoms with E-state index >= 15 is 0 Å². The lowest BCUT2D eigenvalue weighted by Crippen LogP contribution is -2.19. The molecule has 1 aromatic heterocycles. The zero-order valence-electron chi connectivity index (χ0n) is 8.56. The lowest BCUT2D eigenvalue weighted by Gasteiger charge is -2.10. The van der Waals surface area contributed by atoms with E-state index in [9.17, 15) is 0 Å². The molecule has 0 aliphatic heterocycles. The van der Waals surface area contributed by atoms with Crippen molar-refractivity contribution in [3.8, 4) is 0 Å². The summed E-state index contributed by atoms with van der Waals surface area (Å²) in [6.45, 7) is 1.92. The fraction of sp³-hybridized carbons (Fsp3) is 0.300. The highest BCUT2D eigenvalue weighted by molar-refractivity contribution is 7.80. The first-order valence-electron chi connectivity index (χ1n) is 4.28. The number of hydrogen-bond acceptors (Lipinski definition) is 2. The van der Waals surface area contributed by atoms with Gasteiger partial charge in [-0.25, -0.2) is 4.99 Å². The summed E-state index contributed by atoms with van der Waals surface area (Å²) in [4.78, 5) is 10.8. The van der Waals surface area contributed by atoms with Gasteiger partial charge in [0.15, 0.2) is 0 Å². The molecule has 0 radical (unpaired) electrons. The summed E-state index contributed by atoms with van der Waals surface area (Å²) >= 11 is 5.16. The summed E-state index contributed by atoms with van der Waals surface area (Å²) in [5.41, 5.74) is 0.878. The van der Waals surface area contributed by atoms with E-state index in [0.717, 1.165) is 11.4 Å². The molecule has 0 amide bonds. The Morgan fingerprint density at radius 3 is 2.71 bits per heavy atom. The molecule has 0 N–H and O–H groups in total. The quantitative estimate of drug-likeness (QED) is 0.399. The maximum absolute atomic E-state index is 5.16. The van der Waals surface area contributed by atoms with Crippen molar-refractivity contribution >= 4 is 23.0 Å². The van der Waals surface area contributed by atoms with Crippen LogP contribution in [0.3, 0.4) is 0 Å². The van der Waals surface area contributed by atoms with Crippen LogP contribution in [0.4, 0.5) is 0 Å². The summed E-state index contributed by atoms with van der Waals surface area (Å²) < 4.78 is 0. The number of pyridine rings is 1. The van der Waals surface area contributed by atoms with Gasteiger partial charge in [-0.2, -0.15) is 0 Å². The van der Waals surface area contributed by atoms with E-state index in [2.05, 4.69) is 9.98 Å². The number of thiocarbonyl (C=S) groups is 1. The second-order valence-corrected chi connectivity index (χ2v) is 3.49. The van der Waals surface area contributed by atoms with Crippen molar-refractivity contribution in [2.75, 3.05) is 14.1 Å². The van der Waals surface area contributed by atoms with Crippen LogP contribution in [0.1, 0.15) is 12.5 Å². The molecule has 14 heavy (non-hydrogen) atoms. The molecule has 0 aliphatic rings. The van der Waals surface area contributed by atoms with Crippen LogP contribution in [0.2, 0.25) is 0 Å². The lowest BCUT2D eigenvalue weighted by atomic mass is 10.3. The second-order valence-electron chi connectivity index (χ2n) is 3.10. The number of amidine groups is 1. The largest absolute Gasteiger partial charge is 0.366 e. The van der Waals surface area contributed by atoms with Crippen molar-refractivity contribution in [1.82, 2.24) is 9.88 Å². The Kier molecular flexibility index (Phi) is 3.71. The lowest BCUT2D eigenvalue weighted by molar-refractivity contribution is 0.620. The topological polar surface area (TPSA) is 28.5 Å². The zero-order chi connectivity index (χ0) is 10.6. The van der Waals surface area contributed by atoms with Crippen LogP contribution in [-0.4, -0.2) is 34.8 Å². The van der Waals surface area contributed by atoms with Crippen molar-refractivity contribution < 1.29 is 0 Å². The van der Waals surface area contributed by atoms with Crippen molar-refractivity contribution in [2.24, 2.45) is 4.99 Å². The van der Waals surface area contributed by atoms with Gasteiger partial charge in [-0.1, -0.05) is 12.2 Å². The van der Waals surface area contributed by atoms with Gasteiger partial charge in [-0.05, 0) is 19.1 Å². The first kappa shape index (κ1) is 10.8. The van der Waals surface area contributed by atoms with Crippen molar-refractivity contribution in [3.63, 3.8) is 0 Å². The predicted octanol–water partition coefficient (Wildman–Crippen LogP) is 1.74. The second kappa shape index (κ2) is 4.81. The first-order chi connectivity index (χ1) is 6.61. The fourth-order valence-corrected chi connectivity index (χ4v) is 1.05. The molecule has 1 aromatic rings. The minimum Gasteiger partial charge on any atom is -0.366 e. The van der Waals surface area contributed by atoms with Crippen molar-refractivity contribution in [1.29, 1.82) is 0 Å². The number of aliphatic imine (C=N–C) groups is 1. The van der Waals surface area contributed by atoms with Gasteiger partial charge in [-0.3, -0.25) is 4.98 Å². The number of nitrogens with zero attached hydrogens (tertiary/aromatic N) is 3. The molecule has 1 heterocycles. The van der Waals surface area contributed by atoms with Crippen LogP contribution in [0.15, 0.2) is 29.5 Å². The van der Waals surface area contributed by atoms with Gasteiger partial charge in [0.1, 0.15) is 10.8 Å². The Bertz CT molecular complexity index is 344. The van der Waals surface area contributed by atoms with Gasteiger partial charge in [0, 0.05) is 32.1 Å². The standard InChI is InChI=1S/C10H13N3S/c1-8(13(2)3)12-10(14)9-5-4-6-11-7-9/h4-7H,1-3H3. The van der Waals surface area contributed by atoms with E-state index in [1.807, 2.05) is 38.1 Å². The van der Waals surface area contributed by atoms with Crippen LogP contribution >= 0.6 is 12.2 Å². The molecule has 0 bridgehead atoms. The minimum atomic E-state index is 0.573. The Hall–Kier alpha value is -1.29. The SMILES string of the molecule is CC(=NC(=S)c1cccnc1)N(C)C. The van der Waals surface area contributed by atoms with Crippen LogP contribution in [0.5, 0.6) is 0 Å². The summed E-state index contributed by atoms with van der Waals surface area (Å²) in [7, 11) is 3.87. The van der Waals surface area contributed by atoms with Gasteiger partial charge < -0.3 is 4.90 Å². The van der Waals surface area contributed by atoms with Gasteiger partial charge in [0.25, 0.3) is 0 Å². The fourth-order valence-electron chi connectivity index (χ4n) is 0.801. The molecule has 0 spiro atoms. The monoisotopic (exact) mass is 207 g/mol. The summed E-state index contributed by atoms with van der Waals surface area (Å²) in [5, 5.41) is 0. The van der Waals surface area contributed by atoms with Crippen molar-refractivity contribution in [2.45, 2.75) is 6.92 Å². The molecule has 0 atom stereocenters. The third kappa shape index (κ3) is 2.88. The highest BCUT2D eigenvalue weighted by Crippen LogP contribution is 2.01. The Labute approximate surface area is 89.5 Å². The Balaban J connectivity index is 2.83. The molecule has 1 rings (SSSR count). The first-order valence-corrected chi connectivity index (χ1v) is 4.69. The number of hydrogen-bond donors (Lipinski definition) is 0. The minimum absolute atomic E-state index is 0.573. The predicted molar refractivity (Wildman–Crippen MR) is 62.7 cm³/mol. The van der Waals surface area contributed by atoms with E-state index in [4.69, 9.17) is 12.2 Å². The van der Waals surface area contributed by atoms with Crippen LogP contribution in [-0.2, 0) is 0 Å². The summed E-state index contributed by atoms with van der Waals surface area (Å²) in [5.74, 6) is 0.888. The molecule has 74 valence electrons. The Morgan fingerprint density at radius 1 is 1.50 bits per heavy atom. The molecule has 4 heteroatoms. The molecule has 3 nitrogen and oxygen atoms in total. The smallest absolute Gasteiger partial charge is 0.136 e. The highest BCUT2D eigenvalue weighted by atomic mass is 32.1. The molecule has 0 saturated carbocycles. The molecule has 0 fully saturated rings. The maximum Gasteiger partial charge on any atom is 0.136 e. The van der Waals surface area contributed by atoms with E-state index in [0.29, 0.717) is 4.99 Å². The van der Waals surface area contributed by atoms with Crippen LogP contribution in [0, 0.1) is 0 Å². The average Bonchev–Trinajstić information content (AvgIpc) is 2.19. The van der Waals surface area contributed by atoms with E-state index in [1.54, 1.807) is 12.4 Å². The van der Waals surface area contributed by atoms with Crippen LogP contribution in [0.25, 0.3) is 0 Å². The molecule has 0 aromatic carbocycles. The zero-order valence-corrected chi connectivity index (χ0v) is 9.38. The maximum atomic E-state index is 5.16. The highest BCUT2D eigenvalue weighted by Gasteiger charge is 2.00. The molecule has 0 aliphatic carbocycles. The molecular formula is C10H13N3S. The van der Waals surface area contributed by atoms with Gasteiger partial charge in [0.05, 0.1) is 0 Å². The average molecular weight is 207 g/mol. The van der Waals surface area contributed by atoms with Gasteiger partial charge in [-0.15, -0.1) is 0 Å². The number of aromatic nitrogens is 1. The van der Waals surface area contributed by atoms with Gasteiger partial charge in [0.2, 0.25) is 0 Å². The van der Waals surface area contributed by atoms with Crippen molar-refractivity contribution in [3.05, 3.63) is 30.1 Å². The molecule has 0 saturated heterocycles. The van der Waals surface area contributed by atoms with E-state index in [1.165, 1.54) is 0 Å². The number of rotatable bonds is 1. The molecular weight excluding hydrogens is 194 g/mol.